The molecule has 1 aromatic heterocycles. The summed E-state index contributed by atoms with van der Waals surface area (Å²) in [5, 5.41) is 12.3. The quantitative estimate of drug-likeness (QED) is 0.527. The van der Waals surface area contributed by atoms with E-state index in [1.54, 1.807) is 24.3 Å². The number of rotatable bonds is 8. The third-order valence-corrected chi connectivity index (χ3v) is 3.68. The van der Waals surface area contributed by atoms with E-state index in [0.29, 0.717) is 17.3 Å². The highest BCUT2D eigenvalue weighted by Gasteiger charge is 2.24. The highest BCUT2D eigenvalue weighted by molar-refractivity contribution is 5.97. The van der Waals surface area contributed by atoms with Crippen molar-refractivity contribution in [1.82, 2.24) is 20.5 Å². The SMILES string of the molecule is COCC(=O)N[C@H](C(=O)Nc1ccc(-c2n[nH]c(CN)n2)cc1)C(C)C.Cl. The van der Waals surface area contributed by atoms with E-state index in [1.807, 2.05) is 13.8 Å². The number of H-pyrrole nitrogens is 1. The first kappa shape index (κ1) is 22.6. The van der Waals surface area contributed by atoms with Crippen LogP contribution in [0.2, 0.25) is 0 Å². The van der Waals surface area contributed by atoms with Crippen molar-refractivity contribution in [3.8, 4) is 11.4 Å². The number of hydrogen-bond acceptors (Lipinski definition) is 6. The molecule has 0 spiro atoms. The number of anilines is 1. The number of nitrogens with one attached hydrogen (secondary N) is 3. The van der Waals surface area contributed by atoms with Crippen LogP contribution in [0.4, 0.5) is 5.69 Å². The Morgan fingerprint density at radius 2 is 1.93 bits per heavy atom. The van der Waals surface area contributed by atoms with E-state index in [9.17, 15) is 9.59 Å². The molecule has 2 rings (SSSR count). The topological polar surface area (TPSA) is 135 Å². The Hall–Kier alpha value is -2.49. The predicted octanol–water partition coefficient (Wildman–Crippen LogP) is 1.08. The van der Waals surface area contributed by atoms with Crippen LogP contribution < -0.4 is 16.4 Å². The number of nitrogens with zero attached hydrogens (tertiary/aromatic N) is 2. The Bertz CT molecular complexity index is 747. The molecule has 0 saturated carbocycles. The summed E-state index contributed by atoms with van der Waals surface area (Å²) >= 11 is 0. The summed E-state index contributed by atoms with van der Waals surface area (Å²) in [5.74, 6) is 0.440. The molecule has 1 atom stereocenters. The third-order valence-electron chi connectivity index (χ3n) is 3.68. The molecule has 2 amide bonds. The summed E-state index contributed by atoms with van der Waals surface area (Å²) in [6.07, 6.45) is 0. The van der Waals surface area contributed by atoms with Gasteiger partial charge in [0, 0.05) is 18.4 Å². The number of carbonyl (C=O) groups excluding carboxylic acids is 2. The first-order valence-electron chi connectivity index (χ1n) is 8.25. The Labute approximate surface area is 163 Å². The van der Waals surface area contributed by atoms with Gasteiger partial charge in [0.2, 0.25) is 11.8 Å². The van der Waals surface area contributed by atoms with E-state index in [4.69, 9.17) is 10.5 Å². The Kier molecular flexibility index (Phi) is 8.86. The van der Waals surface area contributed by atoms with E-state index in [1.165, 1.54) is 7.11 Å². The third kappa shape index (κ3) is 6.31. The van der Waals surface area contributed by atoms with Gasteiger partial charge in [-0.2, -0.15) is 5.10 Å². The fourth-order valence-corrected chi connectivity index (χ4v) is 2.32. The average Bonchev–Trinajstić information content (AvgIpc) is 3.09. The molecule has 2 aromatic rings. The van der Waals surface area contributed by atoms with Crippen molar-refractivity contribution < 1.29 is 14.3 Å². The van der Waals surface area contributed by atoms with Crippen molar-refractivity contribution in [1.29, 1.82) is 0 Å². The molecular weight excluding hydrogens is 372 g/mol. The van der Waals surface area contributed by atoms with Crippen molar-refractivity contribution in [2.24, 2.45) is 11.7 Å². The highest BCUT2D eigenvalue weighted by atomic mass is 35.5. The molecule has 0 fully saturated rings. The van der Waals surface area contributed by atoms with E-state index in [0.717, 1.165) is 5.56 Å². The smallest absolute Gasteiger partial charge is 0.247 e. The van der Waals surface area contributed by atoms with Crippen LogP contribution in [-0.2, 0) is 20.9 Å². The Balaban J connectivity index is 0.00000364. The molecule has 0 radical (unpaired) electrons. The lowest BCUT2D eigenvalue weighted by Crippen LogP contribution is -2.48. The van der Waals surface area contributed by atoms with Crippen molar-refractivity contribution in [2.75, 3.05) is 19.0 Å². The van der Waals surface area contributed by atoms with Gasteiger partial charge >= 0.3 is 0 Å². The number of benzene rings is 1. The van der Waals surface area contributed by atoms with Crippen LogP contribution in [0.1, 0.15) is 19.7 Å². The molecule has 10 heteroatoms. The first-order valence-corrected chi connectivity index (χ1v) is 8.25. The molecule has 148 valence electrons. The van der Waals surface area contributed by atoms with Crippen LogP contribution >= 0.6 is 12.4 Å². The van der Waals surface area contributed by atoms with Gasteiger partial charge in [-0.1, -0.05) is 13.8 Å². The molecule has 0 unspecified atom stereocenters. The standard InChI is InChI=1S/C17H24N6O3.ClH/c1-10(2)15(21-14(24)9-26-3)17(25)19-12-6-4-11(5-7-12)16-20-13(8-18)22-23-16;/h4-7,10,15H,8-9,18H2,1-3H3,(H,19,25)(H,21,24)(H,20,22,23);1H/t15-;/m0./s1. The second-order valence-corrected chi connectivity index (χ2v) is 6.10. The Morgan fingerprint density at radius 3 is 2.44 bits per heavy atom. The molecule has 0 aliphatic carbocycles. The predicted molar refractivity (Wildman–Crippen MR) is 104 cm³/mol. The van der Waals surface area contributed by atoms with E-state index >= 15 is 0 Å². The van der Waals surface area contributed by atoms with Gasteiger partial charge in [0.05, 0.1) is 6.54 Å². The van der Waals surface area contributed by atoms with Gasteiger partial charge in [0.15, 0.2) is 5.82 Å². The number of hydrogen-bond donors (Lipinski definition) is 4. The zero-order valence-electron chi connectivity index (χ0n) is 15.5. The molecule has 0 aliphatic heterocycles. The van der Waals surface area contributed by atoms with Crippen LogP contribution in [0, 0.1) is 5.92 Å². The normalized spacial score (nSPS) is 11.6. The molecule has 5 N–H and O–H groups in total. The molecule has 9 nitrogen and oxygen atoms in total. The molecule has 1 aromatic carbocycles. The average molecular weight is 397 g/mol. The lowest BCUT2D eigenvalue weighted by molar-refractivity contribution is -0.129. The van der Waals surface area contributed by atoms with Gasteiger partial charge in [-0.3, -0.25) is 14.7 Å². The number of nitrogens with two attached hydrogens (primary N) is 1. The molecule has 27 heavy (non-hydrogen) atoms. The van der Waals surface area contributed by atoms with Gasteiger partial charge in [-0.25, -0.2) is 4.98 Å². The molecule has 0 aliphatic rings. The highest BCUT2D eigenvalue weighted by Crippen LogP contribution is 2.18. The maximum atomic E-state index is 12.5. The van der Waals surface area contributed by atoms with Gasteiger partial charge in [0.1, 0.15) is 18.5 Å². The number of methoxy groups -OCH3 is 1. The van der Waals surface area contributed by atoms with Crippen LogP contribution in [0.25, 0.3) is 11.4 Å². The van der Waals surface area contributed by atoms with Gasteiger partial charge in [0.25, 0.3) is 0 Å². The van der Waals surface area contributed by atoms with Crippen molar-refractivity contribution >= 4 is 29.9 Å². The van der Waals surface area contributed by atoms with E-state index in [-0.39, 0.29) is 43.3 Å². The minimum atomic E-state index is -0.655. The molecule has 0 saturated heterocycles. The van der Waals surface area contributed by atoms with Crippen molar-refractivity contribution in [3.05, 3.63) is 30.1 Å². The number of aromatic nitrogens is 3. The largest absolute Gasteiger partial charge is 0.375 e. The minimum absolute atomic E-state index is 0. The Morgan fingerprint density at radius 1 is 1.26 bits per heavy atom. The second kappa shape index (κ2) is 10.6. The van der Waals surface area contributed by atoms with Gasteiger partial charge in [-0.05, 0) is 30.2 Å². The van der Waals surface area contributed by atoms with Crippen LogP contribution in [-0.4, -0.2) is 46.8 Å². The first-order chi connectivity index (χ1) is 12.4. The lowest BCUT2D eigenvalue weighted by Gasteiger charge is -2.21. The maximum absolute atomic E-state index is 12.5. The zero-order valence-corrected chi connectivity index (χ0v) is 16.3. The molecule has 1 heterocycles. The number of amides is 2. The maximum Gasteiger partial charge on any atom is 0.247 e. The van der Waals surface area contributed by atoms with Crippen LogP contribution in [0.5, 0.6) is 0 Å². The number of ether oxygens (including phenoxy) is 1. The fraction of sp³-hybridized carbons (Fsp3) is 0.412. The number of carbonyl (C=O) groups is 2. The number of halogens is 1. The summed E-state index contributed by atoms with van der Waals surface area (Å²) in [6.45, 7) is 3.91. The van der Waals surface area contributed by atoms with Gasteiger partial charge < -0.3 is 21.1 Å². The minimum Gasteiger partial charge on any atom is -0.375 e. The molecular formula is C17H25ClN6O3. The summed E-state index contributed by atoms with van der Waals surface area (Å²) in [4.78, 5) is 28.4. The summed E-state index contributed by atoms with van der Waals surface area (Å²) in [6, 6.07) is 6.44. The fourth-order valence-electron chi connectivity index (χ4n) is 2.32. The zero-order chi connectivity index (χ0) is 19.1. The second-order valence-electron chi connectivity index (χ2n) is 6.10. The van der Waals surface area contributed by atoms with Crippen LogP contribution in [0.3, 0.4) is 0 Å². The van der Waals surface area contributed by atoms with Crippen LogP contribution in [0.15, 0.2) is 24.3 Å². The van der Waals surface area contributed by atoms with E-state index in [2.05, 4.69) is 25.8 Å². The number of aromatic amines is 1. The van der Waals surface area contributed by atoms with Crippen molar-refractivity contribution in [2.45, 2.75) is 26.4 Å². The lowest BCUT2D eigenvalue weighted by atomic mass is 10.0. The van der Waals surface area contributed by atoms with Crippen molar-refractivity contribution in [3.63, 3.8) is 0 Å². The van der Waals surface area contributed by atoms with E-state index < -0.39 is 6.04 Å². The van der Waals surface area contributed by atoms with Gasteiger partial charge in [-0.15, -0.1) is 12.4 Å². The monoisotopic (exact) mass is 396 g/mol. The molecule has 0 bridgehead atoms. The summed E-state index contributed by atoms with van der Waals surface area (Å²) < 4.78 is 4.78. The summed E-state index contributed by atoms with van der Waals surface area (Å²) in [5.41, 5.74) is 6.92. The summed E-state index contributed by atoms with van der Waals surface area (Å²) in [7, 11) is 1.43.